The van der Waals surface area contributed by atoms with Gasteiger partial charge in [0.1, 0.15) is 5.82 Å². The summed E-state index contributed by atoms with van der Waals surface area (Å²) in [5, 5.41) is 5.84. The van der Waals surface area contributed by atoms with Gasteiger partial charge in [-0.25, -0.2) is 4.39 Å². The molecular formula is C17H16ClFN2O2. The minimum absolute atomic E-state index is 0.166. The van der Waals surface area contributed by atoms with Crippen LogP contribution < -0.4 is 10.6 Å². The summed E-state index contributed by atoms with van der Waals surface area (Å²) < 4.78 is 12.8. The molecule has 2 aromatic rings. The number of hydrogen-bond acceptors (Lipinski definition) is 2. The highest BCUT2D eigenvalue weighted by Gasteiger charge is 2.12. The van der Waals surface area contributed by atoms with E-state index in [9.17, 15) is 14.0 Å². The van der Waals surface area contributed by atoms with Gasteiger partial charge in [-0.3, -0.25) is 9.59 Å². The largest absolute Gasteiger partial charge is 0.348 e. The predicted molar refractivity (Wildman–Crippen MR) is 86.7 cm³/mol. The van der Waals surface area contributed by atoms with Gasteiger partial charge >= 0.3 is 0 Å². The lowest BCUT2D eigenvalue weighted by molar-refractivity contribution is -0.120. The van der Waals surface area contributed by atoms with Gasteiger partial charge in [-0.05, 0) is 48.9 Å². The van der Waals surface area contributed by atoms with E-state index in [0.717, 1.165) is 5.56 Å². The summed E-state index contributed by atoms with van der Waals surface area (Å²) in [6.07, 6.45) is 0. The van der Waals surface area contributed by atoms with E-state index in [1.165, 1.54) is 24.3 Å². The van der Waals surface area contributed by atoms with Crippen molar-refractivity contribution in [1.82, 2.24) is 10.6 Å². The first-order valence-electron chi connectivity index (χ1n) is 7.04. The zero-order chi connectivity index (χ0) is 16.8. The molecule has 0 bridgehead atoms. The van der Waals surface area contributed by atoms with Gasteiger partial charge in [0.2, 0.25) is 5.91 Å². The van der Waals surface area contributed by atoms with Crippen LogP contribution in [0.5, 0.6) is 0 Å². The second kappa shape index (κ2) is 7.74. The van der Waals surface area contributed by atoms with Gasteiger partial charge in [0.25, 0.3) is 5.91 Å². The summed E-state index contributed by atoms with van der Waals surface area (Å²) in [6, 6.07) is 12.0. The van der Waals surface area contributed by atoms with Crippen LogP contribution in [0.25, 0.3) is 0 Å². The molecule has 0 aliphatic rings. The van der Waals surface area contributed by atoms with E-state index in [1.54, 1.807) is 18.2 Å². The average molecular weight is 335 g/mol. The van der Waals surface area contributed by atoms with Gasteiger partial charge in [0.05, 0.1) is 12.6 Å². The van der Waals surface area contributed by atoms with Gasteiger partial charge in [-0.1, -0.05) is 23.7 Å². The van der Waals surface area contributed by atoms with Crippen LogP contribution in [0.1, 0.15) is 28.9 Å². The van der Waals surface area contributed by atoms with Gasteiger partial charge in [-0.15, -0.1) is 0 Å². The number of carbonyl (C=O) groups is 2. The predicted octanol–water partition coefficient (Wildman–Crippen LogP) is 3.09. The van der Waals surface area contributed by atoms with E-state index in [2.05, 4.69) is 10.6 Å². The van der Waals surface area contributed by atoms with Crippen LogP contribution in [-0.2, 0) is 4.79 Å². The summed E-state index contributed by atoms with van der Waals surface area (Å²) in [5.41, 5.74) is 1.16. The van der Waals surface area contributed by atoms with Crippen LogP contribution in [0.3, 0.4) is 0 Å². The Morgan fingerprint density at radius 1 is 1.17 bits per heavy atom. The molecule has 0 heterocycles. The van der Waals surface area contributed by atoms with Crippen molar-refractivity contribution in [3.8, 4) is 0 Å². The molecule has 23 heavy (non-hydrogen) atoms. The Hall–Kier alpha value is -2.40. The highest BCUT2D eigenvalue weighted by molar-refractivity contribution is 6.30. The topological polar surface area (TPSA) is 58.2 Å². The fourth-order valence-electron chi connectivity index (χ4n) is 2.02. The Morgan fingerprint density at radius 2 is 1.87 bits per heavy atom. The molecule has 0 aliphatic carbocycles. The molecule has 2 amide bonds. The first-order chi connectivity index (χ1) is 11.0. The summed E-state index contributed by atoms with van der Waals surface area (Å²) in [6.45, 7) is 1.66. The lowest BCUT2D eigenvalue weighted by Crippen LogP contribution is -2.38. The minimum atomic E-state index is -0.435. The molecule has 2 rings (SSSR count). The van der Waals surface area contributed by atoms with Gasteiger partial charge < -0.3 is 10.6 Å². The summed E-state index contributed by atoms with van der Waals surface area (Å²) in [4.78, 5) is 23.7. The van der Waals surface area contributed by atoms with Crippen LogP contribution in [0.2, 0.25) is 5.02 Å². The van der Waals surface area contributed by atoms with E-state index in [1.807, 2.05) is 13.0 Å². The van der Waals surface area contributed by atoms with Gasteiger partial charge in [-0.2, -0.15) is 0 Å². The maximum atomic E-state index is 12.8. The number of nitrogens with one attached hydrogen (secondary N) is 2. The number of rotatable bonds is 5. The molecule has 0 radical (unpaired) electrons. The molecule has 120 valence electrons. The fourth-order valence-corrected chi connectivity index (χ4v) is 2.21. The number of benzene rings is 2. The molecule has 1 unspecified atom stereocenters. The van der Waals surface area contributed by atoms with Crippen molar-refractivity contribution in [2.24, 2.45) is 0 Å². The standard InChI is InChI=1S/C17H16ClFN2O2/c1-11(13-3-2-4-14(18)9-13)21-16(22)10-20-17(23)12-5-7-15(19)8-6-12/h2-9,11H,10H2,1H3,(H,20,23)(H,21,22). The summed E-state index contributed by atoms with van der Waals surface area (Å²) in [7, 11) is 0. The van der Waals surface area contributed by atoms with Crippen molar-refractivity contribution in [1.29, 1.82) is 0 Å². The van der Waals surface area contributed by atoms with E-state index in [4.69, 9.17) is 11.6 Å². The Kier molecular flexibility index (Phi) is 5.71. The van der Waals surface area contributed by atoms with E-state index >= 15 is 0 Å². The van der Waals surface area contributed by atoms with Crippen molar-refractivity contribution < 1.29 is 14.0 Å². The summed E-state index contributed by atoms with van der Waals surface area (Å²) >= 11 is 5.91. The average Bonchev–Trinajstić information content (AvgIpc) is 2.53. The molecule has 0 fully saturated rings. The number of hydrogen-bond donors (Lipinski definition) is 2. The Morgan fingerprint density at radius 3 is 2.52 bits per heavy atom. The minimum Gasteiger partial charge on any atom is -0.348 e. The van der Waals surface area contributed by atoms with Crippen molar-refractivity contribution in [3.05, 3.63) is 70.5 Å². The van der Waals surface area contributed by atoms with E-state index < -0.39 is 11.7 Å². The molecule has 1 atom stereocenters. The molecule has 0 saturated heterocycles. The number of carbonyl (C=O) groups excluding carboxylic acids is 2. The molecule has 6 heteroatoms. The smallest absolute Gasteiger partial charge is 0.251 e. The van der Waals surface area contributed by atoms with E-state index in [-0.39, 0.29) is 18.5 Å². The highest BCUT2D eigenvalue weighted by atomic mass is 35.5. The SMILES string of the molecule is CC(NC(=O)CNC(=O)c1ccc(F)cc1)c1cccc(Cl)c1. The van der Waals surface area contributed by atoms with Gasteiger partial charge in [0.15, 0.2) is 0 Å². The maximum absolute atomic E-state index is 12.8. The van der Waals surface area contributed by atoms with E-state index in [0.29, 0.717) is 10.6 Å². The van der Waals surface area contributed by atoms with Crippen molar-refractivity contribution in [2.45, 2.75) is 13.0 Å². The second-order valence-electron chi connectivity index (χ2n) is 5.03. The third-order valence-corrected chi connectivity index (χ3v) is 3.48. The van der Waals surface area contributed by atoms with Crippen molar-refractivity contribution in [3.63, 3.8) is 0 Å². The summed E-state index contributed by atoms with van der Waals surface area (Å²) in [5.74, 6) is -1.18. The molecule has 2 aromatic carbocycles. The fraction of sp³-hybridized carbons (Fsp3) is 0.176. The molecule has 2 N–H and O–H groups in total. The second-order valence-corrected chi connectivity index (χ2v) is 5.47. The van der Waals surface area contributed by atoms with Crippen LogP contribution in [-0.4, -0.2) is 18.4 Å². The van der Waals surface area contributed by atoms with Crippen molar-refractivity contribution >= 4 is 23.4 Å². The highest BCUT2D eigenvalue weighted by Crippen LogP contribution is 2.17. The third kappa shape index (κ3) is 5.07. The third-order valence-electron chi connectivity index (χ3n) is 3.24. The monoisotopic (exact) mass is 334 g/mol. The lowest BCUT2D eigenvalue weighted by atomic mass is 10.1. The zero-order valence-electron chi connectivity index (χ0n) is 12.5. The van der Waals surface area contributed by atoms with Crippen LogP contribution in [0, 0.1) is 5.82 Å². The molecule has 0 aliphatic heterocycles. The molecule has 0 aromatic heterocycles. The maximum Gasteiger partial charge on any atom is 0.251 e. The Balaban J connectivity index is 1.85. The normalized spacial score (nSPS) is 11.6. The Labute approximate surface area is 138 Å². The lowest BCUT2D eigenvalue weighted by Gasteiger charge is -2.15. The Bertz CT molecular complexity index is 704. The van der Waals surface area contributed by atoms with Crippen LogP contribution >= 0.6 is 11.6 Å². The first-order valence-corrected chi connectivity index (χ1v) is 7.42. The van der Waals surface area contributed by atoms with Gasteiger partial charge in [0, 0.05) is 10.6 Å². The van der Waals surface area contributed by atoms with Crippen LogP contribution in [0.15, 0.2) is 48.5 Å². The molecule has 4 nitrogen and oxygen atoms in total. The van der Waals surface area contributed by atoms with Crippen LogP contribution in [0.4, 0.5) is 4.39 Å². The first kappa shape index (κ1) is 17.0. The van der Waals surface area contributed by atoms with Crippen molar-refractivity contribution in [2.75, 3.05) is 6.54 Å². The zero-order valence-corrected chi connectivity index (χ0v) is 13.2. The molecule has 0 spiro atoms. The molecule has 0 saturated carbocycles. The quantitative estimate of drug-likeness (QED) is 0.882. The number of halogens is 2. The number of amides is 2. The molecular weight excluding hydrogens is 319 g/mol.